The maximum atomic E-state index is 12.3. The number of piperidine rings is 1. The van der Waals surface area contributed by atoms with Crippen molar-refractivity contribution in [2.24, 2.45) is 0 Å². The second-order valence-corrected chi connectivity index (χ2v) is 6.72. The number of urea groups is 1. The Morgan fingerprint density at radius 1 is 1.46 bits per heavy atom. The quantitative estimate of drug-likeness (QED) is 0.892. The zero-order valence-electron chi connectivity index (χ0n) is 13.6. The molecule has 2 N–H and O–H groups in total. The van der Waals surface area contributed by atoms with E-state index in [9.17, 15) is 9.90 Å². The molecule has 0 aliphatic carbocycles. The van der Waals surface area contributed by atoms with E-state index in [-0.39, 0.29) is 11.8 Å². The van der Waals surface area contributed by atoms with Gasteiger partial charge in [-0.3, -0.25) is 0 Å². The fraction of sp³-hybridized carbons (Fsp3) is 0.412. The van der Waals surface area contributed by atoms with E-state index in [4.69, 9.17) is 4.74 Å². The molecule has 1 aliphatic heterocycles. The summed E-state index contributed by atoms with van der Waals surface area (Å²) in [5.74, 6) is 0.971. The van der Waals surface area contributed by atoms with Gasteiger partial charge in [-0.1, -0.05) is 6.07 Å². The van der Waals surface area contributed by atoms with Crippen LogP contribution >= 0.6 is 11.3 Å². The molecule has 0 saturated carbocycles. The second-order valence-electron chi connectivity index (χ2n) is 5.80. The van der Waals surface area contributed by atoms with E-state index < -0.39 is 0 Å². The number of hydrogen-bond donors (Lipinski definition) is 2. The molecule has 7 heteroatoms. The standard InChI is InChI=1S/C17H21N3O3S/c1-23-15-10-12(2-3-14(15)21)11-19-17(22)20-7-4-13(5-8-20)16-18-6-9-24-16/h2-3,6,9-10,13,21H,4-5,7-8,11H2,1H3,(H,19,22). The largest absolute Gasteiger partial charge is 0.504 e. The maximum Gasteiger partial charge on any atom is 0.317 e. The zero-order valence-corrected chi connectivity index (χ0v) is 14.4. The van der Waals surface area contributed by atoms with Gasteiger partial charge in [0.1, 0.15) is 0 Å². The smallest absolute Gasteiger partial charge is 0.317 e. The first kappa shape index (κ1) is 16.6. The van der Waals surface area contributed by atoms with Gasteiger partial charge in [-0.2, -0.15) is 0 Å². The fourth-order valence-corrected chi connectivity index (χ4v) is 3.70. The van der Waals surface area contributed by atoms with Gasteiger partial charge in [0.2, 0.25) is 0 Å². The molecule has 1 fully saturated rings. The Kier molecular flexibility index (Phi) is 5.20. The Balaban J connectivity index is 1.49. The molecule has 6 nitrogen and oxygen atoms in total. The lowest BCUT2D eigenvalue weighted by atomic mass is 9.98. The van der Waals surface area contributed by atoms with Crippen molar-refractivity contribution in [1.29, 1.82) is 0 Å². The highest BCUT2D eigenvalue weighted by atomic mass is 32.1. The molecule has 1 aromatic carbocycles. The number of methoxy groups -OCH3 is 1. The average Bonchev–Trinajstić information content (AvgIpc) is 3.15. The van der Waals surface area contributed by atoms with Gasteiger partial charge in [-0.05, 0) is 30.5 Å². The highest BCUT2D eigenvalue weighted by molar-refractivity contribution is 7.09. The maximum absolute atomic E-state index is 12.3. The zero-order chi connectivity index (χ0) is 16.9. The van der Waals surface area contributed by atoms with Crippen LogP contribution in [0.25, 0.3) is 0 Å². The first-order chi connectivity index (χ1) is 11.7. The van der Waals surface area contributed by atoms with Gasteiger partial charge >= 0.3 is 6.03 Å². The van der Waals surface area contributed by atoms with Crippen LogP contribution in [-0.4, -0.2) is 41.2 Å². The van der Waals surface area contributed by atoms with Gasteiger partial charge in [0, 0.05) is 37.1 Å². The van der Waals surface area contributed by atoms with Crippen LogP contribution < -0.4 is 10.1 Å². The van der Waals surface area contributed by atoms with Crippen molar-refractivity contribution in [3.05, 3.63) is 40.3 Å². The summed E-state index contributed by atoms with van der Waals surface area (Å²) in [6.07, 6.45) is 3.74. The van der Waals surface area contributed by atoms with Crippen LogP contribution in [-0.2, 0) is 6.54 Å². The van der Waals surface area contributed by atoms with Crippen molar-refractivity contribution >= 4 is 17.4 Å². The fourth-order valence-electron chi connectivity index (χ4n) is 2.89. The monoisotopic (exact) mass is 347 g/mol. The third kappa shape index (κ3) is 3.79. The lowest BCUT2D eigenvalue weighted by Crippen LogP contribution is -2.43. The molecule has 0 bridgehead atoms. The van der Waals surface area contributed by atoms with Gasteiger partial charge in [-0.15, -0.1) is 11.3 Å². The summed E-state index contributed by atoms with van der Waals surface area (Å²) in [5, 5.41) is 15.7. The predicted molar refractivity (Wildman–Crippen MR) is 92.6 cm³/mol. The number of carbonyl (C=O) groups excluding carboxylic acids is 1. The Labute approximate surface area is 145 Å². The summed E-state index contributed by atoms with van der Waals surface area (Å²) in [5.41, 5.74) is 0.885. The number of phenols is 1. The molecule has 128 valence electrons. The Bertz CT molecular complexity index is 682. The minimum Gasteiger partial charge on any atom is -0.504 e. The number of rotatable bonds is 4. The van der Waals surface area contributed by atoms with E-state index in [1.165, 1.54) is 12.1 Å². The number of benzene rings is 1. The lowest BCUT2D eigenvalue weighted by molar-refractivity contribution is 0.181. The van der Waals surface area contributed by atoms with E-state index >= 15 is 0 Å². The van der Waals surface area contributed by atoms with Gasteiger partial charge in [0.15, 0.2) is 11.5 Å². The van der Waals surface area contributed by atoms with Crippen LogP contribution in [0.15, 0.2) is 29.8 Å². The van der Waals surface area contributed by atoms with Crippen LogP contribution in [0.2, 0.25) is 0 Å². The molecule has 0 radical (unpaired) electrons. The van der Waals surface area contributed by atoms with E-state index in [2.05, 4.69) is 10.3 Å². The predicted octanol–water partition coefficient (Wildman–Crippen LogP) is 2.95. The van der Waals surface area contributed by atoms with Gasteiger partial charge in [0.25, 0.3) is 0 Å². The highest BCUT2D eigenvalue weighted by Crippen LogP contribution is 2.29. The van der Waals surface area contributed by atoms with E-state index in [0.29, 0.717) is 18.2 Å². The number of likely N-dealkylation sites (tertiary alicyclic amines) is 1. The molecule has 0 unspecified atom stereocenters. The van der Waals surface area contributed by atoms with Crippen molar-refractivity contribution in [2.75, 3.05) is 20.2 Å². The molecule has 2 aromatic rings. The van der Waals surface area contributed by atoms with Crippen molar-refractivity contribution in [3.8, 4) is 11.5 Å². The first-order valence-corrected chi connectivity index (χ1v) is 8.83. The molecule has 2 amide bonds. The van der Waals surface area contributed by atoms with Crippen molar-refractivity contribution in [1.82, 2.24) is 15.2 Å². The van der Waals surface area contributed by atoms with E-state index in [1.54, 1.807) is 29.5 Å². The van der Waals surface area contributed by atoms with Crippen LogP contribution in [0.5, 0.6) is 11.5 Å². The molecule has 1 aromatic heterocycles. The molecule has 1 aliphatic rings. The average molecular weight is 347 g/mol. The molecule has 1 saturated heterocycles. The highest BCUT2D eigenvalue weighted by Gasteiger charge is 2.24. The summed E-state index contributed by atoms with van der Waals surface area (Å²) >= 11 is 1.69. The summed E-state index contributed by atoms with van der Waals surface area (Å²) in [6.45, 7) is 1.89. The number of nitrogens with one attached hydrogen (secondary N) is 1. The Hall–Kier alpha value is -2.28. The third-order valence-corrected chi connectivity index (χ3v) is 5.21. The minimum absolute atomic E-state index is 0.0559. The van der Waals surface area contributed by atoms with Gasteiger partial charge in [-0.25, -0.2) is 9.78 Å². The molecular weight excluding hydrogens is 326 g/mol. The summed E-state index contributed by atoms with van der Waals surface area (Å²) < 4.78 is 5.08. The third-order valence-electron chi connectivity index (χ3n) is 4.27. The van der Waals surface area contributed by atoms with Crippen molar-refractivity contribution in [2.45, 2.75) is 25.3 Å². The van der Waals surface area contributed by atoms with Crippen LogP contribution in [0.4, 0.5) is 4.79 Å². The molecule has 2 heterocycles. The second kappa shape index (κ2) is 7.53. The number of nitrogens with zero attached hydrogens (tertiary/aromatic N) is 2. The lowest BCUT2D eigenvalue weighted by Gasteiger charge is -2.31. The molecule has 24 heavy (non-hydrogen) atoms. The van der Waals surface area contributed by atoms with Gasteiger partial charge < -0.3 is 20.1 Å². The number of thiazole rings is 1. The Morgan fingerprint density at radius 2 is 2.25 bits per heavy atom. The SMILES string of the molecule is COc1cc(CNC(=O)N2CCC(c3nccs3)CC2)ccc1O. The van der Waals surface area contributed by atoms with E-state index in [0.717, 1.165) is 31.5 Å². The molecule has 0 spiro atoms. The molecule has 3 rings (SSSR count). The number of ether oxygens (including phenoxy) is 1. The normalized spacial score (nSPS) is 15.3. The van der Waals surface area contributed by atoms with Gasteiger partial charge in [0.05, 0.1) is 12.1 Å². The number of carbonyl (C=O) groups is 1. The van der Waals surface area contributed by atoms with Crippen molar-refractivity contribution < 1.29 is 14.6 Å². The molecular formula is C17H21N3O3S. The van der Waals surface area contributed by atoms with E-state index in [1.807, 2.05) is 16.5 Å². The topological polar surface area (TPSA) is 74.7 Å². The van der Waals surface area contributed by atoms with Crippen molar-refractivity contribution in [3.63, 3.8) is 0 Å². The van der Waals surface area contributed by atoms with Crippen LogP contribution in [0.3, 0.4) is 0 Å². The minimum atomic E-state index is -0.0559. The summed E-state index contributed by atoms with van der Waals surface area (Å²) in [7, 11) is 1.50. The van der Waals surface area contributed by atoms with Crippen LogP contribution in [0, 0.1) is 0 Å². The molecule has 0 atom stereocenters. The Morgan fingerprint density at radius 3 is 2.92 bits per heavy atom. The number of aromatic nitrogens is 1. The number of amides is 2. The number of hydrogen-bond acceptors (Lipinski definition) is 5. The number of phenolic OH excluding ortho intramolecular Hbond substituents is 1. The first-order valence-electron chi connectivity index (χ1n) is 7.95. The summed E-state index contributed by atoms with van der Waals surface area (Å²) in [4.78, 5) is 18.5. The summed E-state index contributed by atoms with van der Waals surface area (Å²) in [6, 6.07) is 5.01. The number of aromatic hydroxyl groups is 1. The van der Waals surface area contributed by atoms with Crippen LogP contribution in [0.1, 0.15) is 29.3 Å².